The smallest absolute Gasteiger partial charge is 0.254 e. The molecule has 3 rings (SSSR count). The predicted molar refractivity (Wildman–Crippen MR) is 120 cm³/mol. The fourth-order valence-electron chi connectivity index (χ4n) is 3.70. The molecular weight excluding hydrogens is 378 g/mol. The molecule has 1 heterocycles. The summed E-state index contributed by atoms with van der Waals surface area (Å²) in [5, 5.41) is 0. The molecule has 0 saturated carbocycles. The van der Waals surface area contributed by atoms with Crippen LogP contribution in [0.5, 0.6) is 17.2 Å². The van der Waals surface area contributed by atoms with Crippen molar-refractivity contribution in [1.82, 2.24) is 4.90 Å². The van der Waals surface area contributed by atoms with Crippen molar-refractivity contribution in [2.75, 3.05) is 34.4 Å². The molecule has 0 saturated heterocycles. The molecule has 30 heavy (non-hydrogen) atoms. The number of carbonyl (C=O) groups is 1. The van der Waals surface area contributed by atoms with E-state index in [0.717, 1.165) is 23.1 Å². The number of ether oxygens (including phenoxy) is 3. The molecule has 2 aromatic carbocycles. The highest BCUT2D eigenvalue weighted by molar-refractivity contribution is 5.95. The van der Waals surface area contributed by atoms with Gasteiger partial charge in [-0.05, 0) is 35.1 Å². The SMILES string of the molecule is COc1cc(OC)c(C2=CCN(C(=O)c3ccc(C(C)(C)C)cc3)CC2)c(OC)c1. The third-order valence-corrected chi connectivity index (χ3v) is 5.53. The Kier molecular flexibility index (Phi) is 6.40. The molecule has 2 aromatic rings. The lowest BCUT2D eigenvalue weighted by Gasteiger charge is -2.28. The van der Waals surface area contributed by atoms with Gasteiger partial charge in [0, 0.05) is 30.8 Å². The number of benzene rings is 2. The van der Waals surface area contributed by atoms with Crippen molar-refractivity contribution < 1.29 is 19.0 Å². The van der Waals surface area contributed by atoms with Crippen LogP contribution in [0.2, 0.25) is 0 Å². The average Bonchev–Trinajstić information content (AvgIpc) is 2.77. The zero-order chi connectivity index (χ0) is 21.9. The molecule has 0 radical (unpaired) electrons. The van der Waals surface area contributed by atoms with Gasteiger partial charge in [0.05, 0.1) is 26.9 Å². The number of hydrogen-bond acceptors (Lipinski definition) is 4. The van der Waals surface area contributed by atoms with Crippen molar-refractivity contribution in [3.8, 4) is 17.2 Å². The molecule has 1 amide bonds. The van der Waals surface area contributed by atoms with Gasteiger partial charge in [-0.2, -0.15) is 0 Å². The normalized spacial score (nSPS) is 14.2. The van der Waals surface area contributed by atoms with Crippen molar-refractivity contribution in [2.45, 2.75) is 32.6 Å². The van der Waals surface area contributed by atoms with E-state index >= 15 is 0 Å². The van der Waals surface area contributed by atoms with E-state index in [1.54, 1.807) is 21.3 Å². The van der Waals surface area contributed by atoms with Crippen LogP contribution in [-0.4, -0.2) is 45.2 Å². The Balaban J connectivity index is 1.81. The van der Waals surface area contributed by atoms with Crippen LogP contribution >= 0.6 is 0 Å². The van der Waals surface area contributed by atoms with Gasteiger partial charge in [0.1, 0.15) is 17.2 Å². The Morgan fingerprint density at radius 2 is 1.53 bits per heavy atom. The molecule has 0 aromatic heterocycles. The van der Waals surface area contributed by atoms with Gasteiger partial charge in [0.25, 0.3) is 5.91 Å². The first-order valence-electron chi connectivity index (χ1n) is 10.2. The van der Waals surface area contributed by atoms with E-state index in [-0.39, 0.29) is 11.3 Å². The van der Waals surface area contributed by atoms with Crippen molar-refractivity contribution in [1.29, 1.82) is 0 Å². The molecule has 160 valence electrons. The molecule has 5 nitrogen and oxygen atoms in total. The third-order valence-electron chi connectivity index (χ3n) is 5.53. The summed E-state index contributed by atoms with van der Waals surface area (Å²) in [6, 6.07) is 11.7. The van der Waals surface area contributed by atoms with Crippen LogP contribution in [0.3, 0.4) is 0 Å². The first-order valence-corrected chi connectivity index (χ1v) is 10.2. The minimum atomic E-state index is 0.0550. The summed E-state index contributed by atoms with van der Waals surface area (Å²) < 4.78 is 16.5. The lowest BCUT2D eigenvalue weighted by atomic mass is 9.86. The fraction of sp³-hybridized carbons (Fsp3) is 0.400. The topological polar surface area (TPSA) is 48.0 Å². The van der Waals surface area contributed by atoms with Gasteiger partial charge in [-0.15, -0.1) is 0 Å². The van der Waals surface area contributed by atoms with E-state index in [9.17, 15) is 4.79 Å². The van der Waals surface area contributed by atoms with Crippen LogP contribution in [0, 0.1) is 0 Å². The quantitative estimate of drug-likeness (QED) is 0.702. The molecule has 5 heteroatoms. The first-order chi connectivity index (χ1) is 14.3. The van der Waals surface area contributed by atoms with Crippen LogP contribution in [0.1, 0.15) is 48.7 Å². The lowest BCUT2D eigenvalue weighted by Crippen LogP contribution is -2.34. The van der Waals surface area contributed by atoms with Crippen molar-refractivity contribution in [3.05, 3.63) is 59.2 Å². The van der Waals surface area contributed by atoms with E-state index in [1.807, 2.05) is 41.3 Å². The summed E-state index contributed by atoms with van der Waals surface area (Å²) >= 11 is 0. The zero-order valence-corrected chi connectivity index (χ0v) is 18.7. The number of nitrogens with zero attached hydrogens (tertiary/aromatic N) is 1. The molecule has 0 aliphatic carbocycles. The van der Waals surface area contributed by atoms with Crippen molar-refractivity contribution in [3.63, 3.8) is 0 Å². The predicted octanol–water partition coefficient (Wildman–Crippen LogP) is 4.94. The minimum Gasteiger partial charge on any atom is -0.496 e. The maximum absolute atomic E-state index is 13.0. The number of hydrogen-bond donors (Lipinski definition) is 0. The molecular formula is C25H31NO4. The summed E-state index contributed by atoms with van der Waals surface area (Å²) in [4.78, 5) is 14.8. The van der Waals surface area contributed by atoms with Gasteiger partial charge < -0.3 is 19.1 Å². The zero-order valence-electron chi connectivity index (χ0n) is 18.7. The number of rotatable bonds is 5. The molecule has 1 aliphatic heterocycles. The second-order valence-electron chi connectivity index (χ2n) is 8.46. The molecule has 0 spiro atoms. The number of carbonyl (C=O) groups excluding carboxylic acids is 1. The van der Waals surface area contributed by atoms with Crippen LogP contribution in [0.4, 0.5) is 0 Å². The summed E-state index contributed by atoms with van der Waals surface area (Å²) in [5.41, 5.74) is 4.04. The summed E-state index contributed by atoms with van der Waals surface area (Å²) in [7, 11) is 4.89. The van der Waals surface area contributed by atoms with Crippen LogP contribution in [0.15, 0.2) is 42.5 Å². The van der Waals surface area contributed by atoms with E-state index in [1.165, 1.54) is 5.56 Å². The van der Waals surface area contributed by atoms with E-state index in [4.69, 9.17) is 14.2 Å². The molecule has 0 unspecified atom stereocenters. The van der Waals surface area contributed by atoms with Crippen LogP contribution in [-0.2, 0) is 5.41 Å². The Hall–Kier alpha value is -2.95. The Morgan fingerprint density at radius 3 is 1.97 bits per heavy atom. The average molecular weight is 410 g/mol. The number of methoxy groups -OCH3 is 3. The maximum Gasteiger partial charge on any atom is 0.254 e. The minimum absolute atomic E-state index is 0.0550. The first kappa shape index (κ1) is 21.8. The lowest BCUT2D eigenvalue weighted by molar-refractivity contribution is 0.0773. The Morgan fingerprint density at radius 1 is 0.933 bits per heavy atom. The standard InChI is InChI=1S/C25H31NO4/c1-25(2,3)19-9-7-18(8-10-19)24(27)26-13-11-17(12-14-26)23-21(29-5)15-20(28-4)16-22(23)30-6/h7-11,15-16H,12-14H2,1-6H3. The molecule has 0 N–H and O–H groups in total. The fourth-order valence-corrected chi connectivity index (χ4v) is 3.70. The summed E-state index contributed by atoms with van der Waals surface area (Å²) in [6.45, 7) is 7.70. The Bertz CT molecular complexity index is 914. The molecule has 0 bridgehead atoms. The van der Waals surface area contributed by atoms with Gasteiger partial charge in [-0.25, -0.2) is 0 Å². The second kappa shape index (κ2) is 8.82. The van der Waals surface area contributed by atoms with Gasteiger partial charge in [-0.1, -0.05) is 39.0 Å². The van der Waals surface area contributed by atoms with Crippen LogP contribution < -0.4 is 14.2 Å². The van der Waals surface area contributed by atoms with Crippen molar-refractivity contribution >= 4 is 11.5 Å². The van der Waals surface area contributed by atoms with E-state index in [2.05, 4.69) is 26.8 Å². The second-order valence-corrected chi connectivity index (χ2v) is 8.46. The largest absolute Gasteiger partial charge is 0.496 e. The molecule has 1 aliphatic rings. The summed E-state index contributed by atoms with van der Waals surface area (Å²) in [6.07, 6.45) is 2.81. The van der Waals surface area contributed by atoms with E-state index < -0.39 is 0 Å². The summed E-state index contributed by atoms with van der Waals surface area (Å²) in [5.74, 6) is 2.14. The highest BCUT2D eigenvalue weighted by Crippen LogP contribution is 2.41. The Labute approximate surface area is 179 Å². The highest BCUT2D eigenvalue weighted by Gasteiger charge is 2.24. The van der Waals surface area contributed by atoms with Gasteiger partial charge >= 0.3 is 0 Å². The highest BCUT2D eigenvalue weighted by atomic mass is 16.5. The van der Waals surface area contributed by atoms with Gasteiger partial charge in [0.15, 0.2) is 0 Å². The van der Waals surface area contributed by atoms with Gasteiger partial charge in [-0.3, -0.25) is 4.79 Å². The van der Waals surface area contributed by atoms with Crippen molar-refractivity contribution in [2.24, 2.45) is 0 Å². The number of amides is 1. The van der Waals surface area contributed by atoms with Crippen LogP contribution in [0.25, 0.3) is 5.57 Å². The van der Waals surface area contributed by atoms with E-state index in [0.29, 0.717) is 30.3 Å². The molecule has 0 atom stereocenters. The monoisotopic (exact) mass is 409 g/mol. The molecule has 0 fully saturated rings. The van der Waals surface area contributed by atoms with Gasteiger partial charge in [0.2, 0.25) is 0 Å². The third kappa shape index (κ3) is 4.45. The maximum atomic E-state index is 13.0.